The molecule has 0 unspecified atom stereocenters. The summed E-state index contributed by atoms with van der Waals surface area (Å²) in [5, 5.41) is 14.4. The molecule has 1 aromatic rings. The van der Waals surface area contributed by atoms with E-state index in [1.54, 1.807) is 6.07 Å². The minimum Gasteiger partial charge on any atom is -0.379 e. The predicted octanol–water partition coefficient (Wildman–Crippen LogP) is 4.10. The maximum absolute atomic E-state index is 10.8. The van der Waals surface area contributed by atoms with E-state index in [0.717, 1.165) is 6.42 Å². The molecule has 0 atom stereocenters. The van der Waals surface area contributed by atoms with Crippen LogP contribution in [0.2, 0.25) is 5.02 Å². The van der Waals surface area contributed by atoms with Crippen LogP contribution in [0, 0.1) is 15.5 Å². The summed E-state index contributed by atoms with van der Waals surface area (Å²) in [6, 6.07) is 4.53. The van der Waals surface area contributed by atoms with Gasteiger partial charge in [-0.3, -0.25) is 10.1 Å². The number of nitrogens with one attached hydrogen (secondary N) is 1. The second-order valence-electron chi connectivity index (χ2n) is 5.16. The highest BCUT2D eigenvalue weighted by molar-refractivity contribution is 6.31. The fraction of sp³-hybridized carbons (Fsp3) is 0.500. The van der Waals surface area contributed by atoms with Gasteiger partial charge in [-0.25, -0.2) is 0 Å². The van der Waals surface area contributed by atoms with Gasteiger partial charge in [0, 0.05) is 17.6 Å². The lowest BCUT2D eigenvalue weighted by atomic mass is 9.92. The number of benzene rings is 1. The average Bonchev–Trinajstić information content (AvgIpc) is 2.15. The van der Waals surface area contributed by atoms with Crippen molar-refractivity contribution in [1.82, 2.24) is 0 Å². The van der Waals surface area contributed by atoms with E-state index in [1.807, 2.05) is 0 Å². The van der Waals surface area contributed by atoms with Crippen LogP contribution in [0.25, 0.3) is 0 Å². The highest BCUT2D eigenvalue weighted by atomic mass is 35.5. The Morgan fingerprint density at radius 1 is 1.41 bits per heavy atom. The van der Waals surface area contributed by atoms with E-state index in [1.165, 1.54) is 12.1 Å². The van der Waals surface area contributed by atoms with E-state index in [2.05, 4.69) is 26.1 Å². The number of anilines is 1. The number of rotatable bonds is 4. The normalized spacial score (nSPS) is 11.3. The van der Waals surface area contributed by atoms with Gasteiger partial charge in [0.15, 0.2) is 0 Å². The Balaban J connectivity index is 2.75. The van der Waals surface area contributed by atoms with Crippen molar-refractivity contribution < 1.29 is 4.92 Å². The van der Waals surface area contributed by atoms with Crippen LogP contribution >= 0.6 is 11.6 Å². The van der Waals surface area contributed by atoms with Crippen molar-refractivity contribution in [2.24, 2.45) is 5.41 Å². The summed E-state index contributed by atoms with van der Waals surface area (Å²) in [4.78, 5) is 10.4. The van der Waals surface area contributed by atoms with Gasteiger partial charge in [0.1, 0.15) is 5.69 Å². The van der Waals surface area contributed by atoms with Crippen molar-refractivity contribution in [1.29, 1.82) is 0 Å². The second-order valence-corrected chi connectivity index (χ2v) is 5.59. The Kier molecular flexibility index (Phi) is 4.34. The molecule has 1 N–H and O–H groups in total. The molecule has 0 aromatic heterocycles. The first-order valence-electron chi connectivity index (χ1n) is 5.47. The highest BCUT2D eigenvalue weighted by Crippen LogP contribution is 2.28. The van der Waals surface area contributed by atoms with Crippen LogP contribution in [-0.4, -0.2) is 11.5 Å². The largest absolute Gasteiger partial charge is 0.379 e. The first kappa shape index (κ1) is 13.8. The number of nitrogens with zero attached hydrogens (tertiary/aromatic N) is 1. The van der Waals surface area contributed by atoms with Gasteiger partial charge in [-0.05, 0) is 24.0 Å². The first-order chi connectivity index (χ1) is 7.79. The lowest BCUT2D eigenvalue weighted by Crippen LogP contribution is -2.13. The number of hydrogen-bond acceptors (Lipinski definition) is 3. The molecule has 4 nitrogen and oxygen atoms in total. The van der Waals surface area contributed by atoms with Crippen LogP contribution in [0.3, 0.4) is 0 Å². The molecule has 0 aliphatic carbocycles. The molecule has 0 aliphatic rings. The van der Waals surface area contributed by atoms with Crippen LogP contribution < -0.4 is 5.32 Å². The van der Waals surface area contributed by atoms with Gasteiger partial charge < -0.3 is 5.32 Å². The van der Waals surface area contributed by atoms with E-state index in [-0.39, 0.29) is 11.1 Å². The summed E-state index contributed by atoms with van der Waals surface area (Å²) in [5.41, 5.74) is 0.732. The van der Waals surface area contributed by atoms with Crippen LogP contribution in [0.1, 0.15) is 27.2 Å². The van der Waals surface area contributed by atoms with E-state index in [9.17, 15) is 10.1 Å². The Bertz CT molecular complexity index is 413. The molecule has 0 saturated heterocycles. The van der Waals surface area contributed by atoms with Crippen molar-refractivity contribution in [2.45, 2.75) is 27.2 Å². The first-order valence-corrected chi connectivity index (χ1v) is 5.85. The molecule has 0 saturated carbocycles. The van der Waals surface area contributed by atoms with Crippen LogP contribution in [0.4, 0.5) is 11.4 Å². The fourth-order valence-corrected chi connectivity index (χ4v) is 1.55. The summed E-state index contributed by atoms with van der Waals surface area (Å²) >= 11 is 5.83. The molecular formula is C12H17ClN2O2. The number of hydrogen-bond donors (Lipinski definition) is 1. The second kappa shape index (κ2) is 5.36. The smallest absolute Gasteiger partial charge is 0.292 e. The van der Waals surface area contributed by atoms with E-state index >= 15 is 0 Å². The summed E-state index contributed by atoms with van der Waals surface area (Å²) in [6.07, 6.45) is 0.927. The van der Waals surface area contributed by atoms with Crippen LogP contribution in [0.5, 0.6) is 0 Å². The third-order valence-electron chi connectivity index (χ3n) is 2.35. The molecule has 0 aliphatic heterocycles. The van der Waals surface area contributed by atoms with Gasteiger partial charge in [-0.15, -0.1) is 0 Å². The van der Waals surface area contributed by atoms with Crippen molar-refractivity contribution >= 4 is 23.0 Å². The quantitative estimate of drug-likeness (QED) is 0.652. The third-order valence-corrected chi connectivity index (χ3v) is 2.58. The molecule has 0 bridgehead atoms. The summed E-state index contributed by atoms with van der Waals surface area (Å²) in [6.45, 7) is 7.06. The molecule has 17 heavy (non-hydrogen) atoms. The average molecular weight is 257 g/mol. The lowest BCUT2D eigenvalue weighted by Gasteiger charge is -2.18. The highest BCUT2D eigenvalue weighted by Gasteiger charge is 2.15. The molecule has 94 valence electrons. The molecule has 0 fully saturated rings. The molecule has 1 rings (SSSR count). The molecule has 1 aromatic carbocycles. The topological polar surface area (TPSA) is 55.2 Å². The van der Waals surface area contributed by atoms with Gasteiger partial charge in [0.05, 0.1) is 4.92 Å². The van der Waals surface area contributed by atoms with Crippen LogP contribution in [-0.2, 0) is 0 Å². The van der Waals surface area contributed by atoms with Gasteiger partial charge in [-0.2, -0.15) is 0 Å². The Morgan fingerprint density at radius 2 is 2.06 bits per heavy atom. The minimum atomic E-state index is -0.407. The van der Waals surface area contributed by atoms with E-state index < -0.39 is 4.92 Å². The summed E-state index contributed by atoms with van der Waals surface area (Å²) in [5.74, 6) is 0. The number of nitro benzene ring substituents is 1. The molecule has 0 heterocycles. The molecule has 5 heteroatoms. The molecular weight excluding hydrogens is 240 g/mol. The fourth-order valence-electron chi connectivity index (χ4n) is 1.38. The SMILES string of the molecule is CC(C)(C)CCNc1cc(Cl)ccc1[N+](=O)[O-]. The van der Waals surface area contributed by atoms with Gasteiger partial charge in [0.25, 0.3) is 5.69 Å². The monoisotopic (exact) mass is 256 g/mol. The van der Waals surface area contributed by atoms with Gasteiger partial charge >= 0.3 is 0 Å². The minimum absolute atomic E-state index is 0.0586. The lowest BCUT2D eigenvalue weighted by molar-refractivity contribution is -0.384. The van der Waals surface area contributed by atoms with Crippen molar-refractivity contribution in [2.75, 3.05) is 11.9 Å². The Labute approximate surface area is 106 Å². The predicted molar refractivity (Wildman–Crippen MR) is 70.7 cm³/mol. The van der Waals surface area contributed by atoms with Gasteiger partial charge in [0.2, 0.25) is 0 Å². The van der Waals surface area contributed by atoms with Crippen molar-refractivity contribution in [3.8, 4) is 0 Å². The van der Waals surface area contributed by atoms with Crippen LogP contribution in [0.15, 0.2) is 18.2 Å². The zero-order valence-electron chi connectivity index (χ0n) is 10.3. The standard InChI is InChI=1S/C12H17ClN2O2/c1-12(2,3)6-7-14-10-8-9(13)4-5-11(10)15(16)17/h4-5,8,14H,6-7H2,1-3H3. The van der Waals surface area contributed by atoms with E-state index in [0.29, 0.717) is 17.3 Å². The Hall–Kier alpha value is -1.29. The zero-order valence-corrected chi connectivity index (χ0v) is 11.0. The summed E-state index contributed by atoms with van der Waals surface area (Å²) < 4.78 is 0. The zero-order chi connectivity index (χ0) is 13.1. The van der Waals surface area contributed by atoms with Crippen molar-refractivity contribution in [3.05, 3.63) is 33.3 Å². The maximum Gasteiger partial charge on any atom is 0.292 e. The third kappa shape index (κ3) is 4.61. The molecule has 0 amide bonds. The molecule has 0 radical (unpaired) electrons. The van der Waals surface area contributed by atoms with E-state index in [4.69, 9.17) is 11.6 Å². The Morgan fingerprint density at radius 3 is 2.59 bits per heavy atom. The molecule has 0 spiro atoms. The maximum atomic E-state index is 10.8. The van der Waals surface area contributed by atoms with Crippen molar-refractivity contribution in [3.63, 3.8) is 0 Å². The number of nitro groups is 1. The van der Waals surface area contributed by atoms with Gasteiger partial charge in [-0.1, -0.05) is 32.4 Å². The summed E-state index contributed by atoms with van der Waals surface area (Å²) in [7, 11) is 0. The number of halogens is 1.